The minimum absolute atomic E-state index is 0.141. The number of hydrogen-bond donors (Lipinski definition) is 5. The van der Waals surface area contributed by atoms with E-state index in [1.807, 2.05) is 0 Å². The highest BCUT2D eigenvalue weighted by atomic mass is 16.6. The van der Waals surface area contributed by atoms with Crippen LogP contribution in [0.3, 0.4) is 0 Å². The van der Waals surface area contributed by atoms with Crippen molar-refractivity contribution in [1.82, 2.24) is 20.3 Å². The van der Waals surface area contributed by atoms with Gasteiger partial charge in [0.05, 0.1) is 32.1 Å². The molecule has 1 aliphatic heterocycles. The zero-order valence-corrected chi connectivity index (χ0v) is 15.1. The summed E-state index contributed by atoms with van der Waals surface area (Å²) < 4.78 is 11.3. The van der Waals surface area contributed by atoms with Crippen LogP contribution >= 0.6 is 0 Å². The van der Waals surface area contributed by atoms with Crippen LogP contribution in [-0.4, -0.2) is 97.8 Å². The third-order valence-electron chi connectivity index (χ3n) is 4.38. The van der Waals surface area contributed by atoms with Gasteiger partial charge >= 0.3 is 5.97 Å². The molecule has 2 rings (SSSR count). The highest BCUT2D eigenvalue weighted by Gasteiger charge is 2.57. The van der Waals surface area contributed by atoms with Crippen molar-refractivity contribution in [3.05, 3.63) is 11.9 Å². The number of amides is 1. The number of aliphatic hydroxyl groups excluding tert-OH is 4. The van der Waals surface area contributed by atoms with E-state index in [-0.39, 0.29) is 5.69 Å². The molecule has 13 heteroatoms. The van der Waals surface area contributed by atoms with Crippen molar-refractivity contribution >= 4 is 18.2 Å². The number of hydrogen-bond acceptors (Lipinski definition) is 11. The molecule has 0 radical (unpaired) electrons. The molecule has 1 saturated heterocycles. The Morgan fingerprint density at radius 1 is 1.54 bits per heavy atom. The Morgan fingerprint density at radius 2 is 2.21 bits per heavy atom. The largest absolute Gasteiger partial charge is 0.465 e. The first kappa shape index (κ1) is 21.8. The van der Waals surface area contributed by atoms with Gasteiger partial charge in [-0.05, 0) is 0 Å². The second-order valence-electron chi connectivity index (χ2n) is 6.30. The van der Waals surface area contributed by atoms with Crippen molar-refractivity contribution in [2.45, 2.75) is 49.5 Å². The summed E-state index contributed by atoms with van der Waals surface area (Å²) in [5.74, 6) is -1.61. The van der Waals surface area contributed by atoms with Crippen LogP contribution in [0.2, 0.25) is 0 Å². The summed E-state index contributed by atoms with van der Waals surface area (Å²) in [6.45, 7) is 0.308. The van der Waals surface area contributed by atoms with Gasteiger partial charge in [0.25, 0.3) is 5.72 Å². The Bertz CT molecular complexity index is 726. The maximum atomic E-state index is 12.6. The van der Waals surface area contributed by atoms with Crippen LogP contribution in [0, 0.1) is 0 Å². The van der Waals surface area contributed by atoms with E-state index in [1.165, 1.54) is 0 Å². The molecule has 1 aliphatic rings. The number of aromatic nitrogens is 3. The summed E-state index contributed by atoms with van der Waals surface area (Å²) >= 11 is 0. The van der Waals surface area contributed by atoms with Crippen molar-refractivity contribution < 1.29 is 44.3 Å². The molecule has 0 saturated carbocycles. The number of carbonyl (C=O) groups is 3. The lowest BCUT2D eigenvalue weighted by atomic mass is 9.87. The molecule has 0 unspecified atom stereocenters. The molecule has 28 heavy (non-hydrogen) atoms. The molecule has 156 valence electrons. The third-order valence-corrected chi connectivity index (χ3v) is 4.38. The molecule has 0 aromatic carbocycles. The number of aldehydes is 1. The lowest BCUT2D eigenvalue weighted by Crippen LogP contribution is -2.67. The van der Waals surface area contributed by atoms with Crippen molar-refractivity contribution in [2.75, 3.05) is 13.7 Å². The highest BCUT2D eigenvalue weighted by molar-refractivity contribution is 5.78. The maximum absolute atomic E-state index is 12.6. The number of nitrogens with one attached hydrogen (secondary N) is 1. The molecule has 1 fully saturated rings. The quantitative estimate of drug-likeness (QED) is 0.222. The fourth-order valence-electron chi connectivity index (χ4n) is 3.04. The fourth-order valence-corrected chi connectivity index (χ4v) is 3.04. The van der Waals surface area contributed by atoms with Crippen LogP contribution in [-0.2, 0) is 24.8 Å². The van der Waals surface area contributed by atoms with Crippen molar-refractivity contribution in [1.29, 1.82) is 0 Å². The molecular formula is C15H22N4O9. The topological polar surface area (TPSA) is 193 Å². The first-order valence-electron chi connectivity index (χ1n) is 8.26. The Hall–Kier alpha value is -2.45. The van der Waals surface area contributed by atoms with E-state index >= 15 is 0 Å². The average molecular weight is 402 g/mol. The van der Waals surface area contributed by atoms with Crippen LogP contribution in [0.25, 0.3) is 0 Å². The van der Waals surface area contributed by atoms with Gasteiger partial charge in [0.15, 0.2) is 6.29 Å². The maximum Gasteiger partial charge on any atom is 0.361 e. The summed E-state index contributed by atoms with van der Waals surface area (Å²) in [6.07, 6.45) is -5.58. The summed E-state index contributed by atoms with van der Waals surface area (Å²) in [5.41, 5.74) is -2.30. The molecular weight excluding hydrogens is 380 g/mol. The molecule has 0 bridgehead atoms. The molecule has 1 amide bonds. The van der Waals surface area contributed by atoms with Gasteiger partial charge in [0.1, 0.15) is 24.0 Å². The lowest BCUT2D eigenvalue weighted by molar-refractivity contribution is -0.260. The number of methoxy groups -OCH3 is 1. The van der Waals surface area contributed by atoms with E-state index in [0.717, 1.165) is 24.9 Å². The number of esters is 1. The molecule has 1 aromatic rings. The number of carbonyl (C=O) groups excluding carboxylic acids is 3. The summed E-state index contributed by atoms with van der Waals surface area (Å²) in [6, 6.07) is -1.24. The molecule has 6 atom stereocenters. The molecule has 0 aliphatic carbocycles. The van der Waals surface area contributed by atoms with Crippen LogP contribution in [0.4, 0.5) is 0 Å². The van der Waals surface area contributed by atoms with Gasteiger partial charge in [0.2, 0.25) is 5.91 Å². The van der Waals surface area contributed by atoms with Crippen molar-refractivity contribution in [2.24, 2.45) is 0 Å². The lowest BCUT2D eigenvalue weighted by Gasteiger charge is -2.46. The van der Waals surface area contributed by atoms with E-state index in [4.69, 9.17) is 14.6 Å². The van der Waals surface area contributed by atoms with Gasteiger partial charge < -0.3 is 35.2 Å². The van der Waals surface area contributed by atoms with Crippen molar-refractivity contribution in [3.63, 3.8) is 0 Å². The smallest absolute Gasteiger partial charge is 0.361 e. The zero-order chi connectivity index (χ0) is 21.1. The molecule has 13 nitrogen and oxygen atoms in total. The number of rotatable bonds is 7. The molecule has 2 heterocycles. The van der Waals surface area contributed by atoms with Crippen LogP contribution in [0.5, 0.6) is 0 Å². The van der Waals surface area contributed by atoms with Crippen molar-refractivity contribution in [3.8, 4) is 0 Å². The van der Waals surface area contributed by atoms with Gasteiger partial charge in [-0.15, -0.1) is 5.10 Å². The minimum Gasteiger partial charge on any atom is -0.465 e. The summed E-state index contributed by atoms with van der Waals surface area (Å²) in [7, 11) is 1.05. The average Bonchev–Trinajstić information content (AvgIpc) is 3.17. The van der Waals surface area contributed by atoms with Gasteiger partial charge in [-0.1, -0.05) is 5.21 Å². The first-order valence-corrected chi connectivity index (χ1v) is 8.26. The van der Waals surface area contributed by atoms with E-state index in [9.17, 15) is 29.7 Å². The van der Waals surface area contributed by atoms with E-state index < -0.39 is 61.1 Å². The third kappa shape index (κ3) is 4.02. The molecule has 0 spiro atoms. The van der Waals surface area contributed by atoms with Gasteiger partial charge in [-0.3, -0.25) is 9.59 Å². The minimum atomic E-state index is -2.15. The normalized spacial score (nSPS) is 29.6. The highest BCUT2D eigenvalue weighted by Crippen LogP contribution is 2.36. The van der Waals surface area contributed by atoms with Gasteiger partial charge in [-0.2, -0.15) is 0 Å². The standard InChI is InChI=1S/C15H22N4O9/c1-7(22)16-11-9(23)3-15(14(26)27-2,19-4-8(5-20)17-18-19)28-13(11)12(25)10(24)6-21/h4-5,9-13,21,23-25H,3,6H2,1-2H3,(H,16,22)/t9-,10+,11+,12+,13+,15+/m0/s1. The summed E-state index contributed by atoms with van der Waals surface area (Å²) in [5, 5.41) is 49.5. The second-order valence-corrected chi connectivity index (χ2v) is 6.30. The predicted octanol–water partition coefficient (Wildman–Crippen LogP) is -3.71. The SMILES string of the molecule is COC(=O)[C@@]1(n2cc(C=O)nn2)C[C@H](O)[C@@H](NC(C)=O)[C@H]([C@H](O)[C@H](O)CO)O1. The predicted molar refractivity (Wildman–Crippen MR) is 87.6 cm³/mol. The number of aliphatic hydroxyl groups is 4. The molecule has 1 aromatic heterocycles. The Labute approximate surface area is 158 Å². The first-order chi connectivity index (χ1) is 13.2. The van der Waals surface area contributed by atoms with E-state index in [2.05, 4.69) is 15.6 Å². The molecule has 5 N–H and O–H groups in total. The Balaban J connectivity index is 2.54. The Morgan fingerprint density at radius 3 is 2.71 bits per heavy atom. The van der Waals surface area contributed by atoms with Crippen LogP contribution in [0.1, 0.15) is 23.8 Å². The number of nitrogens with zero attached hydrogens (tertiary/aromatic N) is 3. The zero-order valence-electron chi connectivity index (χ0n) is 15.1. The monoisotopic (exact) mass is 402 g/mol. The second kappa shape index (κ2) is 8.70. The number of ether oxygens (including phenoxy) is 2. The van der Waals surface area contributed by atoms with E-state index in [0.29, 0.717) is 6.29 Å². The summed E-state index contributed by atoms with van der Waals surface area (Å²) in [4.78, 5) is 35.0. The van der Waals surface area contributed by atoms with Gasteiger partial charge in [-0.25, -0.2) is 9.48 Å². The van der Waals surface area contributed by atoms with Gasteiger partial charge in [0, 0.05) is 13.3 Å². The van der Waals surface area contributed by atoms with E-state index in [1.54, 1.807) is 0 Å². The Kier molecular flexibility index (Phi) is 6.79. The fraction of sp³-hybridized carbons (Fsp3) is 0.667. The van der Waals surface area contributed by atoms with Crippen LogP contribution in [0.15, 0.2) is 6.20 Å². The van der Waals surface area contributed by atoms with Crippen LogP contribution < -0.4 is 5.32 Å².